The molecule has 1 spiro atoms. The molecule has 1 N–H and O–H groups in total. The van der Waals surface area contributed by atoms with E-state index in [2.05, 4.69) is 15.3 Å². The van der Waals surface area contributed by atoms with Gasteiger partial charge in [0.15, 0.2) is 0 Å². The average molecular weight is 309 g/mol. The summed E-state index contributed by atoms with van der Waals surface area (Å²) < 4.78 is 0. The van der Waals surface area contributed by atoms with Gasteiger partial charge in [-0.25, -0.2) is 0 Å². The minimum absolute atomic E-state index is 0.0377. The molecule has 1 atom stereocenters. The molecule has 4 rings (SSSR count). The third kappa shape index (κ3) is 2.71. The Hall–Kier alpha value is -1.97. The third-order valence-corrected chi connectivity index (χ3v) is 5.79. The van der Waals surface area contributed by atoms with E-state index in [0.29, 0.717) is 17.0 Å². The lowest BCUT2D eigenvalue weighted by molar-refractivity contribution is 0.0805. The summed E-state index contributed by atoms with van der Waals surface area (Å²) in [6, 6.07) is 5.92. The van der Waals surface area contributed by atoms with E-state index in [-0.39, 0.29) is 5.91 Å². The van der Waals surface area contributed by atoms with E-state index in [9.17, 15) is 4.79 Å². The van der Waals surface area contributed by atoms with Gasteiger partial charge in [0.1, 0.15) is 0 Å². The van der Waals surface area contributed by atoms with Crippen molar-refractivity contribution < 1.29 is 4.79 Å². The Bertz CT molecular complexity index is 721. The van der Waals surface area contributed by atoms with E-state index < -0.39 is 0 Å². The molecular formula is C19H23N3O. The molecule has 120 valence electrons. The average Bonchev–Trinajstić information content (AvgIpc) is 3.06. The smallest absolute Gasteiger partial charge is 0.251 e. The van der Waals surface area contributed by atoms with Crippen molar-refractivity contribution in [1.82, 2.24) is 15.3 Å². The molecule has 1 heterocycles. The monoisotopic (exact) mass is 309 g/mol. The zero-order chi connectivity index (χ0) is 15.7. The Kier molecular flexibility index (Phi) is 3.76. The molecule has 0 aliphatic heterocycles. The van der Waals surface area contributed by atoms with E-state index >= 15 is 0 Å². The number of rotatable bonds is 2. The molecule has 4 nitrogen and oxygen atoms in total. The van der Waals surface area contributed by atoms with Crippen LogP contribution in [0.4, 0.5) is 0 Å². The molecule has 0 bridgehead atoms. The number of nitrogens with zero attached hydrogens (tertiary/aromatic N) is 2. The van der Waals surface area contributed by atoms with Crippen molar-refractivity contribution in [3.05, 3.63) is 36.2 Å². The van der Waals surface area contributed by atoms with Crippen molar-refractivity contribution in [2.45, 2.75) is 57.4 Å². The maximum Gasteiger partial charge on any atom is 0.251 e. The number of aromatic nitrogens is 2. The molecule has 2 saturated carbocycles. The predicted octanol–water partition coefficient (Wildman–Crippen LogP) is 3.86. The molecule has 1 unspecified atom stereocenters. The highest BCUT2D eigenvalue weighted by molar-refractivity contribution is 5.97. The Balaban J connectivity index is 1.55. The van der Waals surface area contributed by atoms with Crippen molar-refractivity contribution in [1.29, 1.82) is 0 Å². The summed E-state index contributed by atoms with van der Waals surface area (Å²) in [7, 11) is 0. The topological polar surface area (TPSA) is 54.9 Å². The van der Waals surface area contributed by atoms with Crippen LogP contribution in [-0.2, 0) is 0 Å². The third-order valence-electron chi connectivity index (χ3n) is 5.79. The Labute approximate surface area is 136 Å². The van der Waals surface area contributed by atoms with E-state index in [1.54, 1.807) is 12.4 Å². The zero-order valence-corrected chi connectivity index (χ0v) is 13.4. The minimum Gasteiger partial charge on any atom is -0.349 e. The van der Waals surface area contributed by atoms with Gasteiger partial charge in [-0.1, -0.05) is 25.7 Å². The van der Waals surface area contributed by atoms with Gasteiger partial charge in [-0.15, -0.1) is 0 Å². The molecule has 0 saturated heterocycles. The van der Waals surface area contributed by atoms with Gasteiger partial charge in [-0.2, -0.15) is 0 Å². The SMILES string of the molecule is O=C(NC1CCCCC12CCCC2)c1ccc2nccnc2c1. The number of hydrogen-bond donors (Lipinski definition) is 1. The van der Waals surface area contributed by atoms with Crippen molar-refractivity contribution in [2.24, 2.45) is 5.41 Å². The first-order chi connectivity index (χ1) is 11.3. The van der Waals surface area contributed by atoms with Gasteiger partial charge >= 0.3 is 0 Å². The van der Waals surface area contributed by atoms with Crippen molar-refractivity contribution in [3.63, 3.8) is 0 Å². The van der Waals surface area contributed by atoms with Crippen LogP contribution >= 0.6 is 0 Å². The highest BCUT2D eigenvalue weighted by Crippen LogP contribution is 2.49. The number of benzene rings is 1. The molecule has 2 aliphatic carbocycles. The summed E-state index contributed by atoms with van der Waals surface area (Å²) in [5.74, 6) is 0.0377. The van der Waals surface area contributed by atoms with Gasteiger partial charge < -0.3 is 5.32 Å². The quantitative estimate of drug-likeness (QED) is 0.916. The van der Waals surface area contributed by atoms with Gasteiger partial charge in [0.25, 0.3) is 5.91 Å². The number of carbonyl (C=O) groups is 1. The van der Waals surface area contributed by atoms with Crippen LogP contribution in [0.5, 0.6) is 0 Å². The molecule has 0 radical (unpaired) electrons. The first kappa shape index (κ1) is 14.6. The number of nitrogens with one attached hydrogen (secondary N) is 1. The standard InChI is InChI=1S/C19H23N3O/c23-18(14-6-7-15-16(13-14)21-12-11-20-15)22-17-5-1-2-8-19(17)9-3-4-10-19/h6-7,11-13,17H,1-5,8-10H2,(H,22,23). The van der Waals surface area contributed by atoms with Crippen LogP contribution in [0.2, 0.25) is 0 Å². The molecular weight excluding hydrogens is 286 g/mol. The van der Waals surface area contributed by atoms with Crippen LogP contribution in [0.25, 0.3) is 11.0 Å². The molecule has 2 fully saturated rings. The lowest BCUT2D eigenvalue weighted by Crippen LogP contribution is -2.48. The fraction of sp³-hybridized carbons (Fsp3) is 0.526. The van der Waals surface area contributed by atoms with Gasteiger partial charge in [0.2, 0.25) is 0 Å². The molecule has 1 amide bonds. The number of fused-ring (bicyclic) bond motifs is 1. The second-order valence-corrected chi connectivity index (χ2v) is 7.10. The van der Waals surface area contributed by atoms with Crippen molar-refractivity contribution in [2.75, 3.05) is 0 Å². The van der Waals surface area contributed by atoms with E-state index in [4.69, 9.17) is 0 Å². The van der Waals surface area contributed by atoms with E-state index in [1.807, 2.05) is 18.2 Å². The summed E-state index contributed by atoms with van der Waals surface area (Å²) in [4.78, 5) is 21.3. The highest BCUT2D eigenvalue weighted by atomic mass is 16.1. The van der Waals surface area contributed by atoms with E-state index in [1.165, 1.54) is 44.9 Å². The maximum atomic E-state index is 12.7. The molecule has 2 aromatic rings. The van der Waals surface area contributed by atoms with Crippen molar-refractivity contribution in [3.8, 4) is 0 Å². The van der Waals surface area contributed by atoms with Gasteiger partial charge in [-0.3, -0.25) is 14.8 Å². The number of hydrogen-bond acceptors (Lipinski definition) is 3. The fourth-order valence-corrected chi connectivity index (χ4v) is 4.55. The lowest BCUT2D eigenvalue weighted by atomic mass is 9.69. The molecule has 4 heteroatoms. The fourth-order valence-electron chi connectivity index (χ4n) is 4.55. The first-order valence-corrected chi connectivity index (χ1v) is 8.79. The predicted molar refractivity (Wildman–Crippen MR) is 90.2 cm³/mol. The summed E-state index contributed by atoms with van der Waals surface area (Å²) in [5, 5.41) is 3.35. The second kappa shape index (κ2) is 5.91. The minimum atomic E-state index is 0.0377. The van der Waals surface area contributed by atoms with Gasteiger partial charge in [0, 0.05) is 24.0 Å². The van der Waals surface area contributed by atoms with Crippen LogP contribution in [0.1, 0.15) is 61.7 Å². The Morgan fingerprint density at radius 2 is 1.70 bits per heavy atom. The van der Waals surface area contributed by atoms with Crippen LogP contribution < -0.4 is 5.32 Å². The van der Waals surface area contributed by atoms with Crippen LogP contribution in [0.3, 0.4) is 0 Å². The maximum absolute atomic E-state index is 12.7. The second-order valence-electron chi connectivity index (χ2n) is 7.10. The van der Waals surface area contributed by atoms with Gasteiger partial charge in [-0.05, 0) is 49.3 Å². The molecule has 23 heavy (non-hydrogen) atoms. The summed E-state index contributed by atoms with van der Waals surface area (Å²) >= 11 is 0. The van der Waals surface area contributed by atoms with E-state index in [0.717, 1.165) is 17.5 Å². The molecule has 2 aliphatic rings. The van der Waals surface area contributed by atoms with Crippen molar-refractivity contribution >= 4 is 16.9 Å². The zero-order valence-electron chi connectivity index (χ0n) is 13.4. The highest BCUT2D eigenvalue weighted by Gasteiger charge is 2.43. The van der Waals surface area contributed by atoms with Crippen LogP contribution in [0.15, 0.2) is 30.6 Å². The number of amides is 1. The Morgan fingerprint density at radius 3 is 2.48 bits per heavy atom. The van der Waals surface area contributed by atoms with Gasteiger partial charge in [0.05, 0.1) is 11.0 Å². The normalized spacial score (nSPS) is 23.2. The summed E-state index contributed by atoms with van der Waals surface area (Å²) in [6.45, 7) is 0. The first-order valence-electron chi connectivity index (χ1n) is 8.79. The van der Waals surface area contributed by atoms with Crippen LogP contribution in [-0.4, -0.2) is 21.9 Å². The number of carbonyl (C=O) groups excluding carboxylic acids is 1. The largest absolute Gasteiger partial charge is 0.349 e. The Morgan fingerprint density at radius 1 is 1.00 bits per heavy atom. The molecule has 1 aromatic carbocycles. The lowest BCUT2D eigenvalue weighted by Gasteiger charge is -2.42. The summed E-state index contributed by atoms with van der Waals surface area (Å²) in [5.41, 5.74) is 2.66. The van der Waals surface area contributed by atoms with Crippen LogP contribution in [0, 0.1) is 5.41 Å². The molecule has 1 aromatic heterocycles. The summed E-state index contributed by atoms with van der Waals surface area (Å²) in [6.07, 6.45) is 13.5.